The molecule has 7 nitrogen and oxygen atoms in total. The Morgan fingerprint density at radius 1 is 1.17 bits per heavy atom. The molecule has 7 heteroatoms. The molecule has 2 aliphatic rings. The van der Waals surface area contributed by atoms with Crippen LogP contribution in [0.5, 0.6) is 0 Å². The van der Waals surface area contributed by atoms with E-state index in [9.17, 15) is 14.4 Å². The molecule has 1 aromatic rings. The SMILES string of the molecule is COC(=O)c1ccc(C2NN(C)C3C(=O)N(C(C)C)C(=O)C23)cc1. The molecular weight excluding hydrogens is 310 g/mol. The van der Waals surface area contributed by atoms with Gasteiger partial charge < -0.3 is 4.74 Å². The number of rotatable bonds is 3. The predicted octanol–water partition coefficient (Wildman–Crippen LogP) is 0.726. The summed E-state index contributed by atoms with van der Waals surface area (Å²) in [6, 6.07) is 5.95. The zero-order chi connectivity index (χ0) is 17.6. The van der Waals surface area contributed by atoms with Gasteiger partial charge in [0.2, 0.25) is 11.8 Å². The lowest BCUT2D eigenvalue weighted by Crippen LogP contribution is -2.45. The molecule has 2 saturated heterocycles. The summed E-state index contributed by atoms with van der Waals surface area (Å²) in [6.07, 6.45) is 0. The van der Waals surface area contributed by atoms with Crippen LogP contribution in [-0.2, 0) is 14.3 Å². The molecule has 2 aliphatic heterocycles. The Morgan fingerprint density at radius 2 is 1.79 bits per heavy atom. The van der Waals surface area contributed by atoms with Crippen molar-refractivity contribution in [3.63, 3.8) is 0 Å². The Bertz CT molecular complexity index is 686. The van der Waals surface area contributed by atoms with Crippen molar-refractivity contribution in [3.8, 4) is 0 Å². The van der Waals surface area contributed by atoms with E-state index < -0.39 is 17.9 Å². The van der Waals surface area contributed by atoms with Crippen molar-refractivity contribution in [1.29, 1.82) is 0 Å². The molecule has 24 heavy (non-hydrogen) atoms. The van der Waals surface area contributed by atoms with Gasteiger partial charge >= 0.3 is 5.97 Å². The summed E-state index contributed by atoms with van der Waals surface area (Å²) in [5.41, 5.74) is 4.51. The maximum Gasteiger partial charge on any atom is 0.337 e. The van der Waals surface area contributed by atoms with Crippen molar-refractivity contribution in [2.45, 2.75) is 32.0 Å². The Balaban J connectivity index is 1.91. The third-order valence-electron chi connectivity index (χ3n) is 4.68. The maximum absolute atomic E-state index is 12.8. The van der Waals surface area contributed by atoms with Crippen LogP contribution in [0.2, 0.25) is 0 Å². The van der Waals surface area contributed by atoms with Gasteiger partial charge in [0.25, 0.3) is 0 Å². The monoisotopic (exact) mass is 331 g/mol. The minimum Gasteiger partial charge on any atom is -0.465 e. The molecule has 2 fully saturated rings. The van der Waals surface area contributed by atoms with E-state index in [1.807, 2.05) is 13.8 Å². The summed E-state index contributed by atoms with van der Waals surface area (Å²) in [4.78, 5) is 38.2. The Labute approximate surface area is 140 Å². The summed E-state index contributed by atoms with van der Waals surface area (Å²) >= 11 is 0. The zero-order valence-electron chi connectivity index (χ0n) is 14.1. The van der Waals surface area contributed by atoms with Gasteiger partial charge in [0.15, 0.2) is 0 Å². The second kappa shape index (κ2) is 5.99. The molecule has 3 unspecified atom stereocenters. The first-order valence-electron chi connectivity index (χ1n) is 7.91. The number of likely N-dealkylation sites (tertiary alicyclic amines) is 1. The summed E-state index contributed by atoms with van der Waals surface area (Å²) in [5, 5.41) is 1.71. The fraction of sp³-hybridized carbons (Fsp3) is 0.471. The molecular formula is C17H21N3O4. The molecule has 128 valence electrons. The highest BCUT2D eigenvalue weighted by Gasteiger charge is 2.58. The van der Waals surface area contributed by atoms with Gasteiger partial charge in [-0.1, -0.05) is 12.1 Å². The van der Waals surface area contributed by atoms with Crippen LogP contribution in [0.25, 0.3) is 0 Å². The van der Waals surface area contributed by atoms with Crippen molar-refractivity contribution < 1.29 is 19.1 Å². The molecule has 0 spiro atoms. The fourth-order valence-electron chi connectivity index (χ4n) is 3.55. The molecule has 0 aromatic heterocycles. The van der Waals surface area contributed by atoms with E-state index in [-0.39, 0.29) is 23.9 Å². The van der Waals surface area contributed by atoms with Crippen LogP contribution in [0.3, 0.4) is 0 Å². The molecule has 2 heterocycles. The number of ether oxygens (including phenoxy) is 1. The Morgan fingerprint density at radius 3 is 2.33 bits per heavy atom. The average Bonchev–Trinajstić information content (AvgIpc) is 3.03. The lowest BCUT2D eigenvalue weighted by atomic mass is 9.90. The third-order valence-corrected chi connectivity index (χ3v) is 4.68. The topological polar surface area (TPSA) is 79.0 Å². The number of imide groups is 1. The summed E-state index contributed by atoms with van der Waals surface area (Å²) < 4.78 is 4.69. The molecule has 0 radical (unpaired) electrons. The van der Waals surface area contributed by atoms with Crippen LogP contribution < -0.4 is 5.43 Å². The number of hydrogen-bond donors (Lipinski definition) is 1. The van der Waals surface area contributed by atoms with E-state index in [1.54, 1.807) is 36.3 Å². The second-order valence-corrected chi connectivity index (χ2v) is 6.44. The van der Waals surface area contributed by atoms with Gasteiger partial charge in [-0.25, -0.2) is 15.2 Å². The largest absolute Gasteiger partial charge is 0.465 e. The summed E-state index contributed by atoms with van der Waals surface area (Å²) in [5.74, 6) is -1.19. The molecule has 3 atom stereocenters. The van der Waals surface area contributed by atoms with Crippen molar-refractivity contribution in [2.75, 3.05) is 14.2 Å². The van der Waals surface area contributed by atoms with E-state index in [2.05, 4.69) is 5.43 Å². The number of esters is 1. The van der Waals surface area contributed by atoms with Crippen LogP contribution in [0.1, 0.15) is 35.8 Å². The third kappa shape index (κ3) is 2.40. The number of carbonyl (C=O) groups excluding carboxylic acids is 3. The van der Waals surface area contributed by atoms with Crippen LogP contribution in [0, 0.1) is 5.92 Å². The van der Waals surface area contributed by atoms with Crippen LogP contribution in [0.4, 0.5) is 0 Å². The summed E-state index contributed by atoms with van der Waals surface area (Å²) in [6.45, 7) is 3.68. The molecule has 0 saturated carbocycles. The van der Waals surface area contributed by atoms with Gasteiger partial charge in [0.1, 0.15) is 6.04 Å². The first-order valence-corrected chi connectivity index (χ1v) is 7.91. The first-order chi connectivity index (χ1) is 11.4. The van der Waals surface area contributed by atoms with Gasteiger partial charge in [-0.2, -0.15) is 0 Å². The number of fused-ring (bicyclic) bond motifs is 1. The van der Waals surface area contributed by atoms with E-state index >= 15 is 0 Å². The van der Waals surface area contributed by atoms with Crippen LogP contribution in [0.15, 0.2) is 24.3 Å². The minimum atomic E-state index is -0.495. The highest BCUT2D eigenvalue weighted by molar-refractivity contribution is 6.08. The second-order valence-electron chi connectivity index (χ2n) is 6.44. The number of carbonyl (C=O) groups is 3. The van der Waals surface area contributed by atoms with Gasteiger partial charge in [0.05, 0.1) is 24.6 Å². The van der Waals surface area contributed by atoms with Gasteiger partial charge in [0, 0.05) is 13.1 Å². The summed E-state index contributed by atoms with van der Waals surface area (Å²) in [7, 11) is 3.10. The van der Waals surface area contributed by atoms with E-state index in [0.717, 1.165) is 5.56 Å². The van der Waals surface area contributed by atoms with E-state index in [0.29, 0.717) is 5.56 Å². The number of amides is 2. The predicted molar refractivity (Wildman–Crippen MR) is 85.7 cm³/mol. The lowest BCUT2D eigenvalue weighted by Gasteiger charge is -2.24. The van der Waals surface area contributed by atoms with E-state index in [4.69, 9.17) is 4.74 Å². The molecule has 0 aliphatic carbocycles. The molecule has 2 amide bonds. The van der Waals surface area contributed by atoms with Crippen molar-refractivity contribution in [3.05, 3.63) is 35.4 Å². The molecule has 1 aromatic carbocycles. The number of methoxy groups -OCH3 is 1. The normalized spacial score (nSPS) is 27.0. The van der Waals surface area contributed by atoms with Crippen molar-refractivity contribution in [2.24, 2.45) is 5.92 Å². The van der Waals surface area contributed by atoms with Crippen molar-refractivity contribution in [1.82, 2.24) is 15.3 Å². The Hall–Kier alpha value is -2.25. The molecule has 3 rings (SSSR count). The van der Waals surface area contributed by atoms with Crippen molar-refractivity contribution >= 4 is 17.8 Å². The number of hydrogen-bond acceptors (Lipinski definition) is 6. The standard InChI is InChI=1S/C17H21N3O4/c1-9(2)20-15(21)12-13(18-19(3)14(12)16(20)22)10-5-7-11(8-6-10)17(23)24-4/h5-9,12-14,18H,1-4H3. The fourth-order valence-corrected chi connectivity index (χ4v) is 3.55. The number of nitrogens with one attached hydrogen (secondary N) is 1. The van der Waals surface area contributed by atoms with Gasteiger partial charge in [-0.3, -0.25) is 14.5 Å². The minimum absolute atomic E-state index is 0.154. The van der Waals surface area contributed by atoms with E-state index in [1.165, 1.54) is 12.0 Å². The first kappa shape index (κ1) is 16.6. The maximum atomic E-state index is 12.8. The van der Waals surface area contributed by atoms with Gasteiger partial charge in [-0.05, 0) is 31.5 Å². The lowest BCUT2D eigenvalue weighted by molar-refractivity contribution is -0.143. The zero-order valence-corrected chi connectivity index (χ0v) is 14.1. The quantitative estimate of drug-likeness (QED) is 0.650. The average molecular weight is 331 g/mol. The molecule has 1 N–H and O–H groups in total. The van der Waals surface area contributed by atoms with Gasteiger partial charge in [-0.15, -0.1) is 0 Å². The highest BCUT2D eigenvalue weighted by Crippen LogP contribution is 2.40. The number of benzene rings is 1. The number of likely N-dealkylation sites (N-methyl/N-ethyl adjacent to an activating group) is 1. The molecule has 0 bridgehead atoms. The number of hydrazine groups is 1. The number of nitrogens with zero attached hydrogens (tertiary/aromatic N) is 2. The van der Waals surface area contributed by atoms with Crippen LogP contribution >= 0.6 is 0 Å². The van der Waals surface area contributed by atoms with Crippen LogP contribution in [-0.4, -0.2) is 53.9 Å². The Kier molecular flexibility index (Phi) is 4.15. The smallest absolute Gasteiger partial charge is 0.337 e. The highest BCUT2D eigenvalue weighted by atomic mass is 16.5.